The van der Waals surface area contributed by atoms with Crippen LogP contribution in [-0.4, -0.2) is 5.91 Å². The third-order valence-corrected chi connectivity index (χ3v) is 3.05. The summed E-state index contributed by atoms with van der Waals surface area (Å²) >= 11 is 5.72. The summed E-state index contributed by atoms with van der Waals surface area (Å²) in [5.74, 6) is -1.29. The minimum absolute atomic E-state index is 0.0268. The number of benzene rings is 2. The van der Waals surface area contributed by atoms with Gasteiger partial charge in [0.25, 0.3) is 5.91 Å². The van der Waals surface area contributed by atoms with Crippen molar-refractivity contribution in [3.63, 3.8) is 0 Å². The van der Waals surface area contributed by atoms with E-state index >= 15 is 0 Å². The monoisotopic (exact) mass is 303 g/mol. The molecular weight excluding hydrogens is 293 g/mol. The highest BCUT2D eigenvalue weighted by Crippen LogP contribution is 2.23. The van der Waals surface area contributed by atoms with Crippen LogP contribution in [0, 0.1) is 17.1 Å². The maximum absolute atomic E-state index is 13.5. The molecule has 4 nitrogen and oxygen atoms in total. The molecule has 2 aromatic carbocycles. The molecular formula is C15H11ClFN3O. The van der Waals surface area contributed by atoms with Gasteiger partial charge in [-0.3, -0.25) is 4.79 Å². The normalized spacial score (nSPS) is 9.95. The second-order valence-corrected chi connectivity index (χ2v) is 4.77. The van der Waals surface area contributed by atoms with Gasteiger partial charge < -0.3 is 11.1 Å². The van der Waals surface area contributed by atoms with Crippen molar-refractivity contribution in [1.82, 2.24) is 0 Å². The third-order valence-electron chi connectivity index (χ3n) is 2.83. The van der Waals surface area contributed by atoms with Crippen LogP contribution >= 0.6 is 11.6 Å². The average molecular weight is 304 g/mol. The third kappa shape index (κ3) is 3.50. The highest BCUT2D eigenvalue weighted by Gasteiger charge is 2.14. The number of nitrogens with one attached hydrogen (secondary N) is 1. The lowest BCUT2D eigenvalue weighted by Gasteiger charge is -2.09. The molecule has 0 aromatic heterocycles. The van der Waals surface area contributed by atoms with E-state index in [0.29, 0.717) is 12.1 Å². The molecule has 0 fully saturated rings. The Morgan fingerprint density at radius 3 is 2.62 bits per heavy atom. The number of carbonyl (C=O) groups excluding carboxylic acids is 1. The molecule has 6 heteroatoms. The number of carbonyl (C=O) groups is 1. The molecule has 0 radical (unpaired) electrons. The van der Waals surface area contributed by atoms with E-state index in [2.05, 4.69) is 5.32 Å². The van der Waals surface area contributed by atoms with Gasteiger partial charge in [-0.2, -0.15) is 5.26 Å². The van der Waals surface area contributed by atoms with Crippen LogP contribution in [0.4, 0.5) is 15.8 Å². The molecule has 2 aromatic rings. The van der Waals surface area contributed by atoms with E-state index in [1.165, 1.54) is 6.07 Å². The van der Waals surface area contributed by atoms with Crippen molar-refractivity contribution >= 4 is 28.9 Å². The molecule has 21 heavy (non-hydrogen) atoms. The summed E-state index contributed by atoms with van der Waals surface area (Å²) < 4.78 is 13.5. The van der Waals surface area contributed by atoms with Gasteiger partial charge in [-0.25, -0.2) is 4.39 Å². The van der Waals surface area contributed by atoms with E-state index in [9.17, 15) is 9.18 Å². The zero-order valence-electron chi connectivity index (χ0n) is 10.9. The number of anilines is 2. The minimum Gasteiger partial charge on any atom is -0.396 e. The molecule has 0 atom stereocenters. The maximum Gasteiger partial charge on any atom is 0.257 e. The molecule has 0 bridgehead atoms. The first kappa shape index (κ1) is 14.8. The molecule has 0 spiro atoms. The van der Waals surface area contributed by atoms with Gasteiger partial charge >= 0.3 is 0 Å². The standard InChI is InChI=1S/C15H11ClFN3O/c16-10-7-12(14(19)13(17)8-10)15(21)20-11-3-1-9(2-4-11)5-6-18/h1-4,7-8H,5,19H2,(H,20,21). The van der Waals surface area contributed by atoms with Gasteiger partial charge in [0.1, 0.15) is 5.82 Å². The fourth-order valence-corrected chi connectivity index (χ4v) is 1.97. The molecule has 0 aliphatic carbocycles. The van der Waals surface area contributed by atoms with Gasteiger partial charge in [-0.05, 0) is 29.8 Å². The molecule has 0 unspecified atom stereocenters. The number of rotatable bonds is 3. The predicted molar refractivity (Wildman–Crippen MR) is 79.5 cm³/mol. The quantitative estimate of drug-likeness (QED) is 0.853. The molecule has 0 saturated heterocycles. The summed E-state index contributed by atoms with van der Waals surface area (Å²) in [5, 5.41) is 11.3. The van der Waals surface area contributed by atoms with E-state index < -0.39 is 11.7 Å². The smallest absolute Gasteiger partial charge is 0.257 e. The Bertz CT molecular complexity index is 723. The zero-order chi connectivity index (χ0) is 15.4. The van der Waals surface area contributed by atoms with Crippen LogP contribution < -0.4 is 11.1 Å². The van der Waals surface area contributed by atoms with Crippen LogP contribution in [0.5, 0.6) is 0 Å². The summed E-state index contributed by atoms with van der Waals surface area (Å²) in [7, 11) is 0. The SMILES string of the molecule is N#CCc1ccc(NC(=O)c2cc(Cl)cc(F)c2N)cc1. The Labute approximate surface area is 125 Å². The Morgan fingerprint density at radius 1 is 1.33 bits per heavy atom. The van der Waals surface area contributed by atoms with Gasteiger partial charge in [0, 0.05) is 10.7 Å². The number of hydrogen-bond donors (Lipinski definition) is 2. The van der Waals surface area contributed by atoms with Crippen molar-refractivity contribution in [3.05, 3.63) is 58.4 Å². The molecule has 2 rings (SSSR count). The first-order chi connectivity index (χ1) is 10.0. The van der Waals surface area contributed by atoms with Gasteiger partial charge in [0.05, 0.1) is 23.7 Å². The first-order valence-corrected chi connectivity index (χ1v) is 6.41. The highest BCUT2D eigenvalue weighted by molar-refractivity contribution is 6.31. The zero-order valence-corrected chi connectivity index (χ0v) is 11.6. The first-order valence-electron chi connectivity index (χ1n) is 6.03. The highest BCUT2D eigenvalue weighted by atomic mass is 35.5. The number of nitriles is 1. The van der Waals surface area contributed by atoms with Crippen molar-refractivity contribution in [2.24, 2.45) is 0 Å². The Morgan fingerprint density at radius 2 is 2.00 bits per heavy atom. The Kier molecular flexibility index (Phi) is 4.41. The Hall–Kier alpha value is -2.58. The molecule has 106 valence electrons. The topological polar surface area (TPSA) is 78.9 Å². The number of hydrogen-bond acceptors (Lipinski definition) is 3. The lowest BCUT2D eigenvalue weighted by molar-refractivity contribution is 0.102. The summed E-state index contributed by atoms with van der Waals surface area (Å²) in [6.07, 6.45) is 0.292. The van der Waals surface area contributed by atoms with Gasteiger partial charge in [-0.15, -0.1) is 0 Å². The van der Waals surface area contributed by atoms with Gasteiger partial charge in [-0.1, -0.05) is 23.7 Å². The largest absolute Gasteiger partial charge is 0.396 e. The van der Waals surface area contributed by atoms with E-state index in [1.54, 1.807) is 24.3 Å². The molecule has 3 N–H and O–H groups in total. The van der Waals surface area contributed by atoms with Crippen molar-refractivity contribution in [2.45, 2.75) is 6.42 Å². The Balaban J connectivity index is 2.20. The lowest BCUT2D eigenvalue weighted by Crippen LogP contribution is -2.15. The van der Waals surface area contributed by atoms with Crippen LogP contribution in [0.15, 0.2) is 36.4 Å². The van der Waals surface area contributed by atoms with Crippen LogP contribution in [0.2, 0.25) is 5.02 Å². The molecule has 1 amide bonds. The van der Waals surface area contributed by atoms with E-state index in [0.717, 1.165) is 11.6 Å². The second-order valence-electron chi connectivity index (χ2n) is 4.33. The number of nitrogens with two attached hydrogens (primary N) is 1. The molecule has 0 heterocycles. The molecule has 0 saturated carbocycles. The second kappa shape index (κ2) is 6.25. The number of halogens is 2. The predicted octanol–water partition coefficient (Wildman–Crippen LogP) is 3.38. The van der Waals surface area contributed by atoms with E-state index in [-0.39, 0.29) is 16.3 Å². The molecule has 0 aliphatic rings. The van der Waals surface area contributed by atoms with Gasteiger partial charge in [0.15, 0.2) is 0 Å². The van der Waals surface area contributed by atoms with Crippen molar-refractivity contribution in [1.29, 1.82) is 5.26 Å². The maximum atomic E-state index is 13.5. The summed E-state index contributed by atoms with van der Waals surface area (Å²) in [6, 6.07) is 11.1. The fraction of sp³-hybridized carbons (Fsp3) is 0.0667. The summed E-state index contributed by atoms with van der Waals surface area (Å²) in [5.41, 5.74) is 6.61. The number of nitrogens with zero attached hydrogens (tertiary/aromatic N) is 1. The van der Waals surface area contributed by atoms with Crippen LogP contribution in [0.1, 0.15) is 15.9 Å². The van der Waals surface area contributed by atoms with E-state index in [1.807, 2.05) is 6.07 Å². The molecule has 0 aliphatic heterocycles. The van der Waals surface area contributed by atoms with Crippen molar-refractivity contribution < 1.29 is 9.18 Å². The van der Waals surface area contributed by atoms with Crippen LogP contribution in [0.25, 0.3) is 0 Å². The summed E-state index contributed by atoms with van der Waals surface area (Å²) in [4.78, 5) is 12.1. The minimum atomic E-state index is -0.739. The van der Waals surface area contributed by atoms with Crippen LogP contribution in [0.3, 0.4) is 0 Å². The van der Waals surface area contributed by atoms with Gasteiger partial charge in [0.2, 0.25) is 0 Å². The van der Waals surface area contributed by atoms with Crippen LogP contribution in [-0.2, 0) is 6.42 Å². The lowest BCUT2D eigenvalue weighted by atomic mass is 10.1. The summed E-state index contributed by atoms with van der Waals surface area (Å²) in [6.45, 7) is 0. The van der Waals surface area contributed by atoms with E-state index in [4.69, 9.17) is 22.6 Å². The van der Waals surface area contributed by atoms with Crippen molar-refractivity contribution in [3.8, 4) is 6.07 Å². The fourth-order valence-electron chi connectivity index (χ4n) is 1.77. The number of nitrogen functional groups attached to an aromatic ring is 1. The average Bonchev–Trinajstić information content (AvgIpc) is 2.45. The number of amides is 1. The van der Waals surface area contributed by atoms with Crippen molar-refractivity contribution in [2.75, 3.05) is 11.1 Å².